The fourth-order valence-electron chi connectivity index (χ4n) is 1.55. The van der Waals surface area contributed by atoms with Crippen molar-refractivity contribution in [3.8, 4) is 0 Å². The van der Waals surface area contributed by atoms with Crippen LogP contribution in [0.15, 0.2) is 18.2 Å². The summed E-state index contributed by atoms with van der Waals surface area (Å²) in [4.78, 5) is 11.5. The molecule has 1 heterocycles. The van der Waals surface area contributed by atoms with Gasteiger partial charge in [0.15, 0.2) is 0 Å². The normalized spacial score (nSPS) is 15.9. The van der Waals surface area contributed by atoms with E-state index >= 15 is 0 Å². The summed E-state index contributed by atoms with van der Waals surface area (Å²) >= 11 is 5.82. The summed E-state index contributed by atoms with van der Waals surface area (Å²) < 4.78 is 0. The number of hydrogen-bond acceptors (Lipinski definition) is 1. The van der Waals surface area contributed by atoms with Gasteiger partial charge in [-0.3, -0.25) is 4.79 Å². The molecule has 0 saturated carbocycles. The molecule has 13 heavy (non-hydrogen) atoms. The molecule has 0 unspecified atom stereocenters. The Bertz CT molecular complexity index is 349. The van der Waals surface area contributed by atoms with Crippen molar-refractivity contribution in [2.45, 2.75) is 12.8 Å². The van der Waals surface area contributed by atoms with E-state index in [0.29, 0.717) is 5.02 Å². The first kappa shape index (κ1) is 8.57. The predicted octanol–water partition coefficient (Wildman–Crippen LogP) is 2.02. The highest BCUT2D eigenvalue weighted by molar-refractivity contribution is 6.31. The van der Waals surface area contributed by atoms with Gasteiger partial charge < -0.3 is 5.32 Å². The van der Waals surface area contributed by atoms with Crippen LogP contribution in [0, 0.1) is 0 Å². The smallest absolute Gasteiger partial charge is 0.251 e. The molecule has 3 heteroatoms. The van der Waals surface area contributed by atoms with Crippen LogP contribution >= 0.6 is 11.6 Å². The highest BCUT2D eigenvalue weighted by Crippen LogP contribution is 2.19. The van der Waals surface area contributed by atoms with E-state index in [2.05, 4.69) is 5.32 Å². The molecule has 2 rings (SSSR count). The molecule has 1 aliphatic rings. The van der Waals surface area contributed by atoms with Crippen LogP contribution in [0.3, 0.4) is 0 Å². The number of amides is 1. The van der Waals surface area contributed by atoms with Crippen LogP contribution < -0.4 is 5.32 Å². The zero-order valence-electron chi connectivity index (χ0n) is 7.14. The Morgan fingerprint density at radius 2 is 2.23 bits per heavy atom. The standard InChI is InChI=1S/C10H10ClNO/c11-8-4-3-7-2-1-5-12-10(13)9(7)6-8/h3-4,6H,1-2,5H2,(H,12,13). The molecule has 2 nitrogen and oxygen atoms in total. The number of carbonyl (C=O) groups is 1. The number of fused-ring (bicyclic) bond motifs is 1. The predicted molar refractivity (Wildman–Crippen MR) is 52.1 cm³/mol. The summed E-state index contributed by atoms with van der Waals surface area (Å²) in [7, 11) is 0. The van der Waals surface area contributed by atoms with Gasteiger partial charge in [0.05, 0.1) is 0 Å². The van der Waals surface area contributed by atoms with E-state index in [1.807, 2.05) is 12.1 Å². The van der Waals surface area contributed by atoms with E-state index in [4.69, 9.17) is 11.6 Å². The maximum absolute atomic E-state index is 11.5. The summed E-state index contributed by atoms with van der Waals surface area (Å²) in [5, 5.41) is 3.45. The summed E-state index contributed by atoms with van der Waals surface area (Å²) in [6.45, 7) is 0.755. The zero-order chi connectivity index (χ0) is 9.26. The maximum atomic E-state index is 11.5. The first-order valence-corrected chi connectivity index (χ1v) is 4.72. The lowest BCUT2D eigenvalue weighted by Crippen LogP contribution is -2.22. The first-order chi connectivity index (χ1) is 6.27. The van der Waals surface area contributed by atoms with Crippen molar-refractivity contribution in [3.05, 3.63) is 34.3 Å². The van der Waals surface area contributed by atoms with Gasteiger partial charge in [-0.2, -0.15) is 0 Å². The number of hydrogen-bond donors (Lipinski definition) is 1. The minimum Gasteiger partial charge on any atom is -0.352 e. The van der Waals surface area contributed by atoms with Gasteiger partial charge in [0.1, 0.15) is 0 Å². The minimum atomic E-state index is -0.00463. The molecule has 0 fully saturated rings. The second kappa shape index (κ2) is 3.38. The summed E-state index contributed by atoms with van der Waals surface area (Å²) in [5.41, 5.74) is 1.82. The molecule has 0 aromatic heterocycles. The van der Waals surface area contributed by atoms with Crippen molar-refractivity contribution >= 4 is 17.5 Å². The van der Waals surface area contributed by atoms with E-state index in [1.165, 1.54) is 0 Å². The Morgan fingerprint density at radius 1 is 1.38 bits per heavy atom. The largest absolute Gasteiger partial charge is 0.352 e. The van der Waals surface area contributed by atoms with Gasteiger partial charge >= 0.3 is 0 Å². The Hall–Kier alpha value is -1.02. The van der Waals surface area contributed by atoms with Crippen molar-refractivity contribution < 1.29 is 4.79 Å². The average Bonchev–Trinajstić information content (AvgIpc) is 2.29. The monoisotopic (exact) mass is 195 g/mol. The minimum absolute atomic E-state index is 0.00463. The lowest BCUT2D eigenvalue weighted by Gasteiger charge is -2.03. The zero-order valence-corrected chi connectivity index (χ0v) is 7.90. The molecule has 1 aromatic rings. The van der Waals surface area contributed by atoms with Crippen molar-refractivity contribution in [2.75, 3.05) is 6.54 Å². The van der Waals surface area contributed by atoms with Gasteiger partial charge in [-0.05, 0) is 30.5 Å². The molecule has 0 spiro atoms. The lowest BCUT2D eigenvalue weighted by atomic mass is 10.0. The highest BCUT2D eigenvalue weighted by atomic mass is 35.5. The van der Waals surface area contributed by atoms with Gasteiger partial charge in [-0.25, -0.2) is 0 Å². The van der Waals surface area contributed by atoms with Crippen LogP contribution in [0.4, 0.5) is 0 Å². The maximum Gasteiger partial charge on any atom is 0.251 e. The average molecular weight is 196 g/mol. The molecule has 0 radical (unpaired) electrons. The van der Waals surface area contributed by atoms with Crippen LogP contribution in [0.2, 0.25) is 5.02 Å². The van der Waals surface area contributed by atoms with Gasteiger partial charge in [0.2, 0.25) is 0 Å². The molecule has 68 valence electrons. The first-order valence-electron chi connectivity index (χ1n) is 4.34. The van der Waals surface area contributed by atoms with Crippen molar-refractivity contribution in [1.29, 1.82) is 0 Å². The second-order valence-electron chi connectivity index (χ2n) is 3.16. The van der Waals surface area contributed by atoms with Crippen molar-refractivity contribution in [3.63, 3.8) is 0 Å². The number of benzene rings is 1. The molecule has 1 amide bonds. The molecule has 0 bridgehead atoms. The van der Waals surface area contributed by atoms with Crippen LogP contribution in [0.5, 0.6) is 0 Å². The van der Waals surface area contributed by atoms with E-state index in [9.17, 15) is 4.79 Å². The Labute approximate surface area is 81.9 Å². The Balaban J connectivity index is 2.49. The van der Waals surface area contributed by atoms with Gasteiger partial charge in [-0.15, -0.1) is 0 Å². The third kappa shape index (κ3) is 1.68. The molecule has 0 atom stereocenters. The quantitative estimate of drug-likeness (QED) is 0.674. The van der Waals surface area contributed by atoms with E-state index in [1.54, 1.807) is 6.07 Å². The van der Waals surface area contributed by atoms with E-state index in [0.717, 1.165) is 30.5 Å². The Kier molecular flexibility index (Phi) is 2.23. The van der Waals surface area contributed by atoms with Crippen LogP contribution in [-0.4, -0.2) is 12.5 Å². The molecular formula is C10H10ClNO. The molecule has 0 aliphatic carbocycles. The third-order valence-electron chi connectivity index (χ3n) is 2.22. The fraction of sp³-hybridized carbons (Fsp3) is 0.300. The molecule has 0 saturated heterocycles. The number of nitrogens with one attached hydrogen (secondary N) is 1. The van der Waals surface area contributed by atoms with Crippen molar-refractivity contribution in [2.24, 2.45) is 0 Å². The number of carbonyl (C=O) groups excluding carboxylic acids is 1. The molecular weight excluding hydrogens is 186 g/mol. The van der Waals surface area contributed by atoms with Gasteiger partial charge in [-0.1, -0.05) is 17.7 Å². The van der Waals surface area contributed by atoms with E-state index < -0.39 is 0 Å². The number of rotatable bonds is 0. The third-order valence-corrected chi connectivity index (χ3v) is 2.46. The van der Waals surface area contributed by atoms with Crippen LogP contribution in [0.1, 0.15) is 22.3 Å². The summed E-state index contributed by atoms with van der Waals surface area (Å²) in [6, 6.07) is 5.50. The fourth-order valence-corrected chi connectivity index (χ4v) is 1.73. The van der Waals surface area contributed by atoms with Gasteiger partial charge in [0, 0.05) is 17.1 Å². The number of halogens is 1. The topological polar surface area (TPSA) is 29.1 Å². The van der Waals surface area contributed by atoms with Crippen LogP contribution in [-0.2, 0) is 6.42 Å². The van der Waals surface area contributed by atoms with Crippen molar-refractivity contribution in [1.82, 2.24) is 5.32 Å². The summed E-state index contributed by atoms with van der Waals surface area (Å²) in [6.07, 6.45) is 1.95. The lowest BCUT2D eigenvalue weighted by molar-refractivity contribution is 0.0956. The molecule has 1 aromatic carbocycles. The van der Waals surface area contributed by atoms with Crippen LogP contribution in [0.25, 0.3) is 0 Å². The van der Waals surface area contributed by atoms with E-state index in [-0.39, 0.29) is 5.91 Å². The summed E-state index contributed by atoms with van der Waals surface area (Å²) in [5.74, 6) is -0.00463. The molecule has 1 N–H and O–H groups in total. The highest BCUT2D eigenvalue weighted by Gasteiger charge is 2.14. The SMILES string of the molecule is O=C1NCCCc2ccc(Cl)cc21. The number of aryl methyl sites for hydroxylation is 1. The second-order valence-corrected chi connectivity index (χ2v) is 3.60. The van der Waals surface area contributed by atoms with Gasteiger partial charge in [0.25, 0.3) is 5.91 Å². The Morgan fingerprint density at radius 3 is 3.08 bits per heavy atom. The molecule has 1 aliphatic heterocycles.